The van der Waals surface area contributed by atoms with Crippen LogP contribution in [0, 0.1) is 6.92 Å². The van der Waals surface area contributed by atoms with Crippen LogP contribution < -0.4 is 15.4 Å². The number of benzene rings is 2. The molecule has 0 aliphatic rings. The predicted octanol–water partition coefficient (Wildman–Crippen LogP) is 4.34. The van der Waals surface area contributed by atoms with Crippen molar-refractivity contribution in [1.82, 2.24) is 15.3 Å². The maximum atomic E-state index is 12.6. The van der Waals surface area contributed by atoms with Gasteiger partial charge in [0.1, 0.15) is 17.1 Å². The molecule has 0 spiro atoms. The molecule has 1 heterocycles. The zero-order valence-corrected chi connectivity index (χ0v) is 16.3. The number of amides is 1. The van der Waals surface area contributed by atoms with Crippen molar-refractivity contribution >= 4 is 17.4 Å². The van der Waals surface area contributed by atoms with E-state index in [2.05, 4.69) is 20.6 Å². The number of nitrogens with one attached hydrogen (secondary N) is 2. The Morgan fingerprint density at radius 1 is 1.00 bits per heavy atom. The third-order valence-corrected chi connectivity index (χ3v) is 4.11. The first kappa shape index (κ1) is 19.4. The van der Waals surface area contributed by atoms with Gasteiger partial charge in [0.15, 0.2) is 5.82 Å². The van der Waals surface area contributed by atoms with E-state index >= 15 is 0 Å². The van der Waals surface area contributed by atoms with Gasteiger partial charge >= 0.3 is 0 Å². The summed E-state index contributed by atoms with van der Waals surface area (Å²) in [5, 5.41) is 6.10. The summed E-state index contributed by atoms with van der Waals surface area (Å²) in [4.78, 5) is 21.8. The number of aryl methyl sites for hydroxylation is 1. The lowest BCUT2D eigenvalue weighted by Gasteiger charge is -2.15. The van der Waals surface area contributed by atoms with Crippen molar-refractivity contribution in [3.63, 3.8) is 0 Å². The minimum absolute atomic E-state index is 0.201. The van der Waals surface area contributed by atoms with Crippen LogP contribution in [0.4, 0.5) is 11.5 Å². The van der Waals surface area contributed by atoms with Crippen LogP contribution >= 0.6 is 0 Å². The van der Waals surface area contributed by atoms with Gasteiger partial charge in [0.05, 0.1) is 12.3 Å². The minimum Gasteiger partial charge on any atom is -0.494 e. The normalized spacial score (nSPS) is 10.4. The molecule has 0 unspecified atom stereocenters. The number of rotatable bonds is 7. The van der Waals surface area contributed by atoms with Gasteiger partial charge in [0, 0.05) is 17.8 Å². The molecule has 6 nitrogen and oxygen atoms in total. The van der Waals surface area contributed by atoms with Crippen molar-refractivity contribution in [2.24, 2.45) is 0 Å². The van der Waals surface area contributed by atoms with Gasteiger partial charge in [0.25, 0.3) is 5.91 Å². The van der Waals surface area contributed by atoms with Gasteiger partial charge in [-0.2, -0.15) is 0 Å². The Morgan fingerprint density at radius 3 is 2.36 bits per heavy atom. The number of carbonyl (C=O) groups excluding carboxylic acids is 1. The largest absolute Gasteiger partial charge is 0.494 e. The highest BCUT2D eigenvalue weighted by molar-refractivity contribution is 6.00. The highest BCUT2D eigenvalue weighted by Crippen LogP contribution is 2.26. The zero-order valence-electron chi connectivity index (χ0n) is 16.3. The molecular weight excluding hydrogens is 352 g/mol. The van der Waals surface area contributed by atoms with Crippen molar-refractivity contribution in [2.75, 3.05) is 18.5 Å². The van der Waals surface area contributed by atoms with E-state index in [0.29, 0.717) is 36.1 Å². The van der Waals surface area contributed by atoms with E-state index in [1.54, 1.807) is 0 Å². The Kier molecular flexibility index (Phi) is 6.22. The fourth-order valence-electron chi connectivity index (χ4n) is 2.84. The van der Waals surface area contributed by atoms with E-state index < -0.39 is 0 Å². The Morgan fingerprint density at radius 2 is 1.71 bits per heavy atom. The molecule has 0 atom stereocenters. The van der Waals surface area contributed by atoms with E-state index in [-0.39, 0.29) is 5.91 Å². The minimum atomic E-state index is -0.201. The third kappa shape index (κ3) is 4.46. The van der Waals surface area contributed by atoms with E-state index in [1.807, 2.05) is 75.4 Å². The molecule has 28 heavy (non-hydrogen) atoms. The van der Waals surface area contributed by atoms with Crippen molar-refractivity contribution in [2.45, 2.75) is 20.8 Å². The molecular formula is C22H24N4O2. The van der Waals surface area contributed by atoms with Crippen LogP contribution in [0.15, 0.2) is 54.6 Å². The van der Waals surface area contributed by atoms with Crippen molar-refractivity contribution in [3.05, 3.63) is 65.9 Å². The Bertz CT molecular complexity index is 941. The van der Waals surface area contributed by atoms with E-state index in [9.17, 15) is 4.79 Å². The van der Waals surface area contributed by atoms with Crippen molar-refractivity contribution in [1.29, 1.82) is 0 Å². The summed E-state index contributed by atoms with van der Waals surface area (Å²) in [7, 11) is 0. The molecule has 0 saturated heterocycles. The monoisotopic (exact) mass is 376 g/mol. The number of hydrogen-bond donors (Lipinski definition) is 2. The standard InChI is InChI=1S/C22H24N4O2/c1-4-23-22(27)19-15(3)24-20(16-9-7-6-8-10-16)26-21(19)25-17-11-13-18(14-12-17)28-5-2/h6-14H,4-5H2,1-3H3,(H,23,27)(H,24,25,26). The van der Waals surface area contributed by atoms with E-state index in [1.165, 1.54) is 0 Å². The second kappa shape index (κ2) is 8.99. The summed E-state index contributed by atoms with van der Waals surface area (Å²) in [5.41, 5.74) is 2.76. The van der Waals surface area contributed by atoms with E-state index in [4.69, 9.17) is 4.74 Å². The van der Waals surface area contributed by atoms with Gasteiger partial charge in [-0.3, -0.25) is 4.79 Å². The topological polar surface area (TPSA) is 76.1 Å². The van der Waals surface area contributed by atoms with Gasteiger partial charge < -0.3 is 15.4 Å². The Hall–Kier alpha value is -3.41. The average Bonchev–Trinajstić information content (AvgIpc) is 2.70. The first-order valence-corrected chi connectivity index (χ1v) is 9.34. The number of ether oxygens (including phenoxy) is 1. The molecule has 0 fully saturated rings. The molecule has 0 aliphatic heterocycles. The summed E-state index contributed by atoms with van der Waals surface area (Å²) in [6.07, 6.45) is 0. The molecule has 0 bridgehead atoms. The van der Waals surface area contributed by atoms with Crippen LogP contribution in [-0.2, 0) is 0 Å². The van der Waals surface area contributed by atoms with Gasteiger partial charge in [-0.05, 0) is 45.0 Å². The number of nitrogens with zero attached hydrogens (tertiary/aromatic N) is 2. The fraction of sp³-hybridized carbons (Fsp3) is 0.227. The quantitative estimate of drug-likeness (QED) is 0.641. The highest BCUT2D eigenvalue weighted by atomic mass is 16.5. The first-order valence-electron chi connectivity index (χ1n) is 9.34. The lowest BCUT2D eigenvalue weighted by molar-refractivity contribution is 0.0955. The van der Waals surface area contributed by atoms with Crippen molar-refractivity contribution < 1.29 is 9.53 Å². The second-order valence-corrected chi connectivity index (χ2v) is 6.16. The number of anilines is 2. The Balaban J connectivity index is 2.02. The lowest BCUT2D eigenvalue weighted by atomic mass is 10.1. The maximum absolute atomic E-state index is 12.6. The summed E-state index contributed by atoms with van der Waals surface area (Å²) in [6, 6.07) is 17.3. The summed E-state index contributed by atoms with van der Waals surface area (Å²) < 4.78 is 5.48. The maximum Gasteiger partial charge on any atom is 0.256 e. The number of carbonyl (C=O) groups is 1. The second-order valence-electron chi connectivity index (χ2n) is 6.16. The summed E-state index contributed by atoms with van der Waals surface area (Å²) >= 11 is 0. The van der Waals surface area contributed by atoms with Gasteiger partial charge in [-0.1, -0.05) is 30.3 Å². The highest BCUT2D eigenvalue weighted by Gasteiger charge is 2.19. The van der Waals surface area contributed by atoms with Crippen molar-refractivity contribution in [3.8, 4) is 17.1 Å². The molecule has 0 saturated carbocycles. The van der Waals surface area contributed by atoms with Gasteiger partial charge in [-0.25, -0.2) is 9.97 Å². The van der Waals surface area contributed by atoms with E-state index in [0.717, 1.165) is 17.0 Å². The molecule has 2 aromatic carbocycles. The zero-order chi connectivity index (χ0) is 19.9. The predicted molar refractivity (Wildman–Crippen MR) is 111 cm³/mol. The summed E-state index contributed by atoms with van der Waals surface area (Å²) in [6.45, 7) is 6.79. The molecule has 3 aromatic rings. The van der Waals surface area contributed by atoms with Crippen LogP contribution in [-0.4, -0.2) is 29.0 Å². The van der Waals surface area contributed by atoms with Gasteiger partial charge in [0.2, 0.25) is 0 Å². The number of hydrogen-bond acceptors (Lipinski definition) is 5. The lowest BCUT2D eigenvalue weighted by Crippen LogP contribution is -2.25. The molecule has 2 N–H and O–H groups in total. The molecule has 6 heteroatoms. The molecule has 1 aromatic heterocycles. The third-order valence-electron chi connectivity index (χ3n) is 4.11. The molecule has 1 amide bonds. The molecule has 0 aliphatic carbocycles. The van der Waals surface area contributed by atoms with Crippen LogP contribution in [0.1, 0.15) is 29.9 Å². The van der Waals surface area contributed by atoms with Crippen LogP contribution in [0.25, 0.3) is 11.4 Å². The van der Waals surface area contributed by atoms with Crippen LogP contribution in [0.2, 0.25) is 0 Å². The number of aromatic nitrogens is 2. The van der Waals surface area contributed by atoms with Crippen LogP contribution in [0.3, 0.4) is 0 Å². The smallest absolute Gasteiger partial charge is 0.256 e. The molecule has 144 valence electrons. The average molecular weight is 376 g/mol. The summed E-state index contributed by atoms with van der Waals surface area (Å²) in [5.74, 6) is 1.63. The fourth-order valence-corrected chi connectivity index (χ4v) is 2.84. The molecule has 0 radical (unpaired) electrons. The first-order chi connectivity index (χ1) is 13.6. The Labute approximate surface area is 165 Å². The van der Waals surface area contributed by atoms with Gasteiger partial charge in [-0.15, -0.1) is 0 Å². The molecule has 3 rings (SSSR count). The van der Waals surface area contributed by atoms with Crippen LogP contribution in [0.5, 0.6) is 5.75 Å². The SMILES string of the molecule is CCNC(=O)c1c(C)nc(-c2ccccc2)nc1Nc1ccc(OCC)cc1.